The zero-order valence-corrected chi connectivity index (χ0v) is 10.6. The third-order valence-electron chi connectivity index (χ3n) is 2.31. The smallest absolute Gasteiger partial charge is 0.147 e. The highest BCUT2D eigenvalue weighted by molar-refractivity contribution is 7.99. The summed E-state index contributed by atoms with van der Waals surface area (Å²) in [5.41, 5.74) is 0. The molecule has 0 fully saturated rings. The molecular weight excluding hydrogens is 224 g/mol. The molecule has 1 rings (SSSR count). The van der Waals surface area contributed by atoms with Gasteiger partial charge in [0, 0.05) is 18.3 Å². The Labute approximate surface area is 100 Å². The molecule has 16 heavy (non-hydrogen) atoms. The molecule has 0 bridgehead atoms. The maximum absolute atomic E-state index is 9.17. The van der Waals surface area contributed by atoms with E-state index in [1.807, 2.05) is 13.2 Å². The molecule has 0 aliphatic heterocycles. The van der Waals surface area contributed by atoms with E-state index in [9.17, 15) is 0 Å². The number of aliphatic hydroxyl groups is 1. The summed E-state index contributed by atoms with van der Waals surface area (Å²) in [5.74, 6) is 1.44. The quantitative estimate of drug-likeness (QED) is 0.692. The maximum atomic E-state index is 9.17. The molecule has 0 amide bonds. The molecule has 1 aromatic rings. The molecule has 3 N–H and O–H groups in total. The lowest BCUT2D eigenvalue weighted by Crippen LogP contribution is -2.31. The van der Waals surface area contributed by atoms with Crippen LogP contribution in [0.2, 0.25) is 0 Å². The van der Waals surface area contributed by atoms with Crippen molar-refractivity contribution in [3.63, 3.8) is 0 Å². The van der Waals surface area contributed by atoms with Crippen LogP contribution in [-0.4, -0.2) is 46.3 Å². The van der Waals surface area contributed by atoms with Crippen molar-refractivity contribution in [1.82, 2.24) is 9.97 Å². The minimum absolute atomic E-state index is 0.140. The highest BCUT2D eigenvalue weighted by Gasteiger charge is 2.15. The maximum Gasteiger partial charge on any atom is 0.147 e. The number of hydrogen-bond donors (Lipinski definition) is 3. The van der Waals surface area contributed by atoms with E-state index in [2.05, 4.69) is 20.6 Å². The van der Waals surface area contributed by atoms with Gasteiger partial charge in [-0.1, -0.05) is 0 Å². The minimum Gasteiger partial charge on any atom is -0.395 e. The van der Waals surface area contributed by atoms with Gasteiger partial charge in [-0.05, 0) is 13.2 Å². The van der Waals surface area contributed by atoms with Gasteiger partial charge >= 0.3 is 0 Å². The SMILES string of the molecule is CNc1cncc(NC(C)C(CO)SC)n1. The van der Waals surface area contributed by atoms with Crippen LogP contribution in [0.4, 0.5) is 11.6 Å². The highest BCUT2D eigenvalue weighted by Crippen LogP contribution is 2.15. The Morgan fingerprint density at radius 1 is 1.44 bits per heavy atom. The lowest BCUT2D eigenvalue weighted by molar-refractivity contribution is 0.288. The van der Waals surface area contributed by atoms with E-state index in [0.29, 0.717) is 5.82 Å². The molecule has 2 atom stereocenters. The second kappa shape index (κ2) is 6.55. The third kappa shape index (κ3) is 3.53. The second-order valence-corrected chi connectivity index (χ2v) is 4.51. The molecule has 0 saturated carbocycles. The monoisotopic (exact) mass is 242 g/mol. The molecule has 0 spiro atoms. The third-order valence-corrected chi connectivity index (χ3v) is 3.47. The van der Waals surface area contributed by atoms with Crippen LogP contribution in [0.15, 0.2) is 12.4 Å². The summed E-state index contributed by atoms with van der Waals surface area (Å²) < 4.78 is 0. The molecule has 1 heterocycles. The van der Waals surface area contributed by atoms with Crippen LogP contribution in [0.3, 0.4) is 0 Å². The molecule has 5 nitrogen and oxygen atoms in total. The van der Waals surface area contributed by atoms with Crippen molar-refractivity contribution >= 4 is 23.4 Å². The summed E-state index contributed by atoms with van der Waals surface area (Å²) in [6.07, 6.45) is 5.31. The van der Waals surface area contributed by atoms with E-state index in [-0.39, 0.29) is 17.9 Å². The topological polar surface area (TPSA) is 70.1 Å². The van der Waals surface area contributed by atoms with Crippen LogP contribution in [0.25, 0.3) is 0 Å². The number of anilines is 2. The van der Waals surface area contributed by atoms with Crippen LogP contribution in [0, 0.1) is 0 Å². The summed E-state index contributed by atoms with van der Waals surface area (Å²) in [5, 5.41) is 15.5. The first-order valence-corrected chi connectivity index (χ1v) is 6.40. The number of nitrogens with one attached hydrogen (secondary N) is 2. The second-order valence-electron chi connectivity index (χ2n) is 3.43. The number of hydrogen-bond acceptors (Lipinski definition) is 6. The number of aliphatic hydroxyl groups excluding tert-OH is 1. The summed E-state index contributed by atoms with van der Waals surface area (Å²) in [6.45, 7) is 2.17. The number of aromatic nitrogens is 2. The normalized spacial score (nSPS) is 14.2. The van der Waals surface area contributed by atoms with Gasteiger partial charge < -0.3 is 15.7 Å². The Bertz CT molecular complexity index is 319. The Morgan fingerprint density at radius 2 is 2.12 bits per heavy atom. The van der Waals surface area contributed by atoms with Crippen molar-refractivity contribution in [3.05, 3.63) is 12.4 Å². The molecule has 90 valence electrons. The fourth-order valence-electron chi connectivity index (χ4n) is 1.32. The van der Waals surface area contributed by atoms with Crippen LogP contribution < -0.4 is 10.6 Å². The van der Waals surface area contributed by atoms with Crippen LogP contribution in [0.1, 0.15) is 6.92 Å². The Balaban J connectivity index is 2.64. The summed E-state index contributed by atoms with van der Waals surface area (Å²) >= 11 is 1.63. The summed E-state index contributed by atoms with van der Waals surface area (Å²) in [6, 6.07) is 0.140. The Morgan fingerprint density at radius 3 is 2.69 bits per heavy atom. The van der Waals surface area contributed by atoms with E-state index < -0.39 is 0 Å². The molecular formula is C10H18N4OS. The van der Waals surface area contributed by atoms with Crippen LogP contribution in [0.5, 0.6) is 0 Å². The van der Waals surface area contributed by atoms with Gasteiger partial charge in [-0.15, -0.1) is 0 Å². The van der Waals surface area contributed by atoms with Crippen molar-refractivity contribution in [2.75, 3.05) is 30.5 Å². The van der Waals surface area contributed by atoms with Crippen molar-refractivity contribution in [2.45, 2.75) is 18.2 Å². The minimum atomic E-state index is 0.140. The average Bonchev–Trinajstić information content (AvgIpc) is 2.31. The van der Waals surface area contributed by atoms with Crippen molar-refractivity contribution in [1.29, 1.82) is 0 Å². The van der Waals surface area contributed by atoms with Gasteiger partial charge in [0.15, 0.2) is 0 Å². The first-order chi connectivity index (χ1) is 7.71. The lowest BCUT2D eigenvalue weighted by atomic mass is 10.2. The molecule has 6 heteroatoms. The van der Waals surface area contributed by atoms with Gasteiger partial charge in [-0.2, -0.15) is 11.8 Å². The number of nitrogens with zero attached hydrogens (tertiary/aromatic N) is 2. The van der Waals surface area contributed by atoms with Crippen molar-refractivity contribution < 1.29 is 5.11 Å². The van der Waals surface area contributed by atoms with E-state index in [1.54, 1.807) is 31.2 Å². The van der Waals surface area contributed by atoms with Crippen molar-refractivity contribution in [2.24, 2.45) is 0 Å². The fraction of sp³-hybridized carbons (Fsp3) is 0.600. The summed E-state index contributed by atoms with van der Waals surface area (Å²) in [7, 11) is 1.80. The van der Waals surface area contributed by atoms with Crippen LogP contribution in [-0.2, 0) is 0 Å². The van der Waals surface area contributed by atoms with E-state index in [4.69, 9.17) is 5.11 Å². The summed E-state index contributed by atoms with van der Waals surface area (Å²) in [4.78, 5) is 8.37. The largest absolute Gasteiger partial charge is 0.395 e. The zero-order valence-electron chi connectivity index (χ0n) is 9.77. The molecule has 2 unspecified atom stereocenters. The molecule has 0 aliphatic rings. The van der Waals surface area contributed by atoms with Gasteiger partial charge in [0.2, 0.25) is 0 Å². The molecule has 0 aliphatic carbocycles. The Hall–Kier alpha value is -1.01. The van der Waals surface area contributed by atoms with Gasteiger partial charge in [0.05, 0.1) is 19.0 Å². The number of rotatable bonds is 6. The standard InChI is InChI=1S/C10H18N4OS/c1-7(8(6-15)16-3)13-10-5-12-4-9(11-2)14-10/h4-5,7-8,15H,6H2,1-3H3,(H2,11,13,14). The van der Waals surface area contributed by atoms with Gasteiger partial charge in [0.1, 0.15) is 11.6 Å². The molecule has 1 aromatic heterocycles. The number of thioether (sulfide) groups is 1. The van der Waals surface area contributed by atoms with E-state index in [0.717, 1.165) is 5.82 Å². The molecule has 0 radical (unpaired) electrons. The zero-order chi connectivity index (χ0) is 12.0. The predicted molar refractivity (Wildman–Crippen MR) is 69.1 cm³/mol. The lowest BCUT2D eigenvalue weighted by Gasteiger charge is -2.21. The van der Waals surface area contributed by atoms with Gasteiger partial charge in [-0.25, -0.2) is 4.98 Å². The first-order valence-electron chi connectivity index (χ1n) is 5.11. The average molecular weight is 242 g/mol. The molecule has 0 saturated heterocycles. The first kappa shape index (κ1) is 13.1. The van der Waals surface area contributed by atoms with Gasteiger partial charge in [-0.3, -0.25) is 4.98 Å². The predicted octanol–water partition coefficient (Wildman–Crippen LogP) is 1.04. The van der Waals surface area contributed by atoms with Gasteiger partial charge in [0.25, 0.3) is 0 Å². The highest BCUT2D eigenvalue weighted by atomic mass is 32.2. The van der Waals surface area contributed by atoms with E-state index in [1.165, 1.54) is 0 Å². The van der Waals surface area contributed by atoms with E-state index >= 15 is 0 Å². The fourth-order valence-corrected chi connectivity index (χ4v) is 1.94. The molecule has 0 aromatic carbocycles. The van der Waals surface area contributed by atoms with Crippen LogP contribution >= 0.6 is 11.8 Å². The van der Waals surface area contributed by atoms with Crippen molar-refractivity contribution in [3.8, 4) is 0 Å². The Kier molecular flexibility index (Phi) is 5.34.